The van der Waals surface area contributed by atoms with Crippen LogP contribution in [0.5, 0.6) is 0 Å². The molecule has 0 fully saturated rings. The Balaban J connectivity index is 1.93. The van der Waals surface area contributed by atoms with Crippen molar-refractivity contribution in [2.45, 2.75) is 17.4 Å². The number of aryl methyl sites for hydroxylation is 1. The van der Waals surface area contributed by atoms with Crippen molar-refractivity contribution in [1.29, 1.82) is 0 Å². The Kier molecular flexibility index (Phi) is 5.21. The molecule has 2 aromatic rings. The molecule has 5 nitrogen and oxygen atoms in total. The summed E-state index contributed by atoms with van der Waals surface area (Å²) in [4.78, 5) is 0.207. The monoisotopic (exact) mass is 372 g/mol. The maximum Gasteiger partial charge on any atom is 0.240 e. The first kappa shape index (κ1) is 16.2. The van der Waals surface area contributed by atoms with Crippen molar-refractivity contribution in [1.82, 2.24) is 9.29 Å². The normalized spacial score (nSPS) is 13.3. The van der Waals surface area contributed by atoms with Gasteiger partial charge in [0.15, 0.2) is 0 Å². The lowest BCUT2D eigenvalue weighted by Crippen LogP contribution is -2.26. The van der Waals surface area contributed by atoms with E-state index >= 15 is 0 Å². The van der Waals surface area contributed by atoms with Gasteiger partial charge in [0.1, 0.15) is 0 Å². The number of halogens is 1. The summed E-state index contributed by atoms with van der Waals surface area (Å²) in [5, 5.41) is 10.0. The van der Waals surface area contributed by atoms with E-state index in [2.05, 4.69) is 20.7 Å². The Bertz CT molecular complexity index is 695. The number of aliphatic hydroxyl groups excluding tert-OH is 1. The van der Waals surface area contributed by atoms with Gasteiger partial charge in [0.25, 0.3) is 0 Å². The Morgan fingerprint density at radius 2 is 1.95 bits per heavy atom. The molecule has 1 aromatic heterocycles. The first-order chi connectivity index (χ1) is 9.90. The Labute approximate surface area is 132 Å². The van der Waals surface area contributed by atoms with E-state index in [1.54, 1.807) is 12.1 Å². The van der Waals surface area contributed by atoms with Crippen LogP contribution < -0.4 is 4.72 Å². The molecular formula is C14H17BrN2O3S. The summed E-state index contributed by atoms with van der Waals surface area (Å²) < 4.78 is 29.3. The van der Waals surface area contributed by atoms with Gasteiger partial charge in [0, 0.05) is 30.0 Å². The summed E-state index contributed by atoms with van der Waals surface area (Å²) >= 11 is 3.26. The molecule has 0 aliphatic carbocycles. The summed E-state index contributed by atoms with van der Waals surface area (Å²) in [5.41, 5.74) is 0.762. The van der Waals surface area contributed by atoms with Gasteiger partial charge >= 0.3 is 0 Å². The maximum absolute atomic E-state index is 12.1. The fraction of sp³-hybridized carbons (Fsp3) is 0.286. The highest BCUT2D eigenvalue weighted by atomic mass is 79.9. The number of rotatable bonds is 6. The highest BCUT2D eigenvalue weighted by Crippen LogP contribution is 2.17. The zero-order chi connectivity index (χ0) is 15.5. The minimum absolute atomic E-state index is 0.171. The van der Waals surface area contributed by atoms with Crippen LogP contribution in [0.15, 0.2) is 52.0 Å². The number of nitrogens with one attached hydrogen (secondary N) is 1. The first-order valence-corrected chi connectivity index (χ1v) is 8.72. The second-order valence-corrected chi connectivity index (χ2v) is 7.38. The van der Waals surface area contributed by atoms with E-state index in [1.807, 2.05) is 29.9 Å². The van der Waals surface area contributed by atoms with Crippen LogP contribution >= 0.6 is 15.9 Å². The first-order valence-electron chi connectivity index (χ1n) is 6.44. The van der Waals surface area contributed by atoms with Crippen LogP contribution in [0, 0.1) is 0 Å². The van der Waals surface area contributed by atoms with E-state index in [9.17, 15) is 13.5 Å². The van der Waals surface area contributed by atoms with Crippen molar-refractivity contribution < 1.29 is 13.5 Å². The van der Waals surface area contributed by atoms with E-state index in [4.69, 9.17) is 0 Å². The van der Waals surface area contributed by atoms with Gasteiger partial charge in [-0.1, -0.05) is 15.9 Å². The summed E-state index contributed by atoms with van der Waals surface area (Å²) in [6.07, 6.45) is 1.45. The SMILES string of the molecule is Cn1cccc1C(O)CCNS(=O)(=O)c1ccc(Br)cc1. The molecule has 7 heteroatoms. The number of benzene rings is 1. The third kappa shape index (κ3) is 4.16. The lowest BCUT2D eigenvalue weighted by atomic mass is 10.2. The highest BCUT2D eigenvalue weighted by molar-refractivity contribution is 9.10. The van der Waals surface area contributed by atoms with Gasteiger partial charge in [0.2, 0.25) is 10.0 Å². The van der Waals surface area contributed by atoms with E-state index in [0.717, 1.165) is 10.2 Å². The number of nitrogens with zero attached hydrogens (tertiary/aromatic N) is 1. The predicted molar refractivity (Wildman–Crippen MR) is 84.3 cm³/mol. The summed E-state index contributed by atoms with van der Waals surface area (Å²) in [6, 6.07) is 10.1. The van der Waals surface area contributed by atoms with Gasteiger partial charge in [-0.15, -0.1) is 0 Å². The zero-order valence-electron chi connectivity index (χ0n) is 11.5. The summed E-state index contributed by atoms with van der Waals surface area (Å²) in [5.74, 6) is 0. The summed E-state index contributed by atoms with van der Waals surface area (Å²) in [7, 11) is -1.70. The molecule has 0 aliphatic heterocycles. The average molecular weight is 373 g/mol. The Morgan fingerprint density at radius 3 is 2.52 bits per heavy atom. The topological polar surface area (TPSA) is 71.3 Å². The second kappa shape index (κ2) is 6.74. The van der Waals surface area contributed by atoms with Crippen molar-refractivity contribution in [2.24, 2.45) is 7.05 Å². The van der Waals surface area contributed by atoms with Gasteiger partial charge < -0.3 is 9.67 Å². The Morgan fingerprint density at radius 1 is 1.29 bits per heavy atom. The van der Waals surface area contributed by atoms with Crippen LogP contribution in [0.3, 0.4) is 0 Å². The maximum atomic E-state index is 12.1. The molecule has 21 heavy (non-hydrogen) atoms. The van der Waals surface area contributed by atoms with Crippen LogP contribution in [-0.2, 0) is 17.1 Å². The molecule has 0 radical (unpaired) electrons. The lowest BCUT2D eigenvalue weighted by molar-refractivity contribution is 0.161. The van der Waals surface area contributed by atoms with Crippen LogP contribution in [0.4, 0.5) is 0 Å². The van der Waals surface area contributed by atoms with Crippen LogP contribution in [-0.4, -0.2) is 24.6 Å². The number of hydrogen-bond acceptors (Lipinski definition) is 3. The molecule has 2 rings (SSSR count). The van der Waals surface area contributed by atoms with Gasteiger partial charge in [-0.2, -0.15) is 0 Å². The minimum atomic E-state index is -3.54. The molecule has 0 spiro atoms. The number of hydrogen-bond donors (Lipinski definition) is 2. The van der Waals surface area contributed by atoms with Crippen LogP contribution in [0.2, 0.25) is 0 Å². The molecule has 0 amide bonds. The predicted octanol–water partition coefficient (Wildman–Crippen LogP) is 2.19. The molecule has 0 saturated carbocycles. The average Bonchev–Trinajstić information content (AvgIpc) is 2.85. The van der Waals surface area contributed by atoms with Crippen molar-refractivity contribution >= 4 is 26.0 Å². The molecule has 0 saturated heterocycles. The van der Waals surface area contributed by atoms with E-state index in [0.29, 0.717) is 6.42 Å². The molecule has 0 aliphatic rings. The molecule has 114 valence electrons. The molecular weight excluding hydrogens is 356 g/mol. The molecule has 1 unspecified atom stereocenters. The molecule has 1 atom stereocenters. The molecule has 1 heterocycles. The van der Waals surface area contributed by atoms with Gasteiger partial charge in [-0.3, -0.25) is 0 Å². The minimum Gasteiger partial charge on any atom is -0.387 e. The van der Waals surface area contributed by atoms with Gasteiger partial charge in [-0.05, 0) is 42.8 Å². The quantitative estimate of drug-likeness (QED) is 0.816. The van der Waals surface area contributed by atoms with Crippen molar-refractivity contribution in [3.8, 4) is 0 Å². The molecule has 0 bridgehead atoms. The number of sulfonamides is 1. The largest absolute Gasteiger partial charge is 0.387 e. The summed E-state index contributed by atoms with van der Waals surface area (Å²) in [6.45, 7) is 0.171. The third-order valence-corrected chi connectivity index (χ3v) is 5.16. The van der Waals surface area contributed by atoms with E-state index in [-0.39, 0.29) is 11.4 Å². The van der Waals surface area contributed by atoms with Crippen LogP contribution in [0.1, 0.15) is 18.2 Å². The van der Waals surface area contributed by atoms with Gasteiger partial charge in [0.05, 0.1) is 11.0 Å². The zero-order valence-corrected chi connectivity index (χ0v) is 13.9. The van der Waals surface area contributed by atoms with Crippen molar-refractivity contribution in [2.75, 3.05) is 6.54 Å². The van der Waals surface area contributed by atoms with E-state index in [1.165, 1.54) is 12.1 Å². The van der Waals surface area contributed by atoms with E-state index < -0.39 is 16.1 Å². The van der Waals surface area contributed by atoms with Crippen LogP contribution in [0.25, 0.3) is 0 Å². The molecule has 2 N–H and O–H groups in total. The standard InChI is InChI=1S/C14H17BrN2O3S/c1-17-10-2-3-13(17)14(18)8-9-16-21(19,20)12-6-4-11(15)5-7-12/h2-7,10,14,16,18H,8-9H2,1H3. The smallest absolute Gasteiger partial charge is 0.240 e. The number of aliphatic hydroxyl groups is 1. The van der Waals surface area contributed by atoms with Gasteiger partial charge in [-0.25, -0.2) is 13.1 Å². The lowest BCUT2D eigenvalue weighted by Gasteiger charge is -2.13. The second-order valence-electron chi connectivity index (χ2n) is 4.70. The van der Waals surface area contributed by atoms with Crippen molar-refractivity contribution in [3.63, 3.8) is 0 Å². The van der Waals surface area contributed by atoms with Crippen molar-refractivity contribution in [3.05, 3.63) is 52.8 Å². The fourth-order valence-corrected chi connectivity index (χ4v) is 3.31. The third-order valence-electron chi connectivity index (χ3n) is 3.16. The molecule has 1 aromatic carbocycles. The fourth-order valence-electron chi connectivity index (χ4n) is 2.00. The highest BCUT2D eigenvalue weighted by Gasteiger charge is 2.15. The Hall–Kier alpha value is -1.15. The number of aromatic nitrogens is 1.